The van der Waals surface area contributed by atoms with E-state index in [1.807, 2.05) is 0 Å². The molecule has 0 unspecified atom stereocenters. The topological polar surface area (TPSA) is 117 Å². The molecule has 1 aromatic heterocycles. The average Bonchev–Trinajstić information content (AvgIpc) is 3.37. The van der Waals surface area contributed by atoms with Crippen LogP contribution in [0.2, 0.25) is 0 Å². The van der Waals surface area contributed by atoms with Gasteiger partial charge in [0.1, 0.15) is 0 Å². The molecule has 0 spiro atoms. The third-order valence-electron chi connectivity index (χ3n) is 5.30. The number of carbonyl (C=O) groups excluding carboxylic acids is 1. The lowest BCUT2D eigenvalue weighted by Gasteiger charge is -2.24. The molecule has 35 heavy (non-hydrogen) atoms. The minimum absolute atomic E-state index is 0.00893. The maximum Gasteiger partial charge on any atom is 0.255 e. The zero-order valence-electron chi connectivity index (χ0n) is 18.7. The molecule has 0 aliphatic rings. The van der Waals surface area contributed by atoms with Crippen LogP contribution in [0.5, 0.6) is 0 Å². The Kier molecular flexibility index (Phi) is 6.46. The van der Waals surface area contributed by atoms with Gasteiger partial charge in [-0.1, -0.05) is 29.5 Å². The average molecular weight is 498 g/mol. The SMILES string of the molecule is CC(C)(NS(=O)(=O)c1ccc(-c2ccc(NC(=O)c3ccc(F)c(F)c3)cc2)cc1)c1cnn[nH]1. The number of carbonyl (C=O) groups is 1. The highest BCUT2D eigenvalue weighted by molar-refractivity contribution is 7.89. The Bertz CT molecular complexity index is 1450. The normalized spacial score (nSPS) is 11.9. The number of nitrogens with one attached hydrogen (secondary N) is 3. The molecule has 0 aliphatic heterocycles. The van der Waals surface area contributed by atoms with E-state index in [1.54, 1.807) is 50.2 Å². The van der Waals surface area contributed by atoms with Crippen LogP contribution in [-0.2, 0) is 15.6 Å². The molecule has 4 rings (SSSR count). The molecule has 4 aromatic rings. The molecule has 0 aliphatic carbocycles. The molecule has 11 heteroatoms. The lowest BCUT2D eigenvalue weighted by molar-refractivity contribution is 0.102. The molecule has 0 fully saturated rings. The van der Waals surface area contributed by atoms with Gasteiger partial charge in [-0.2, -0.15) is 4.72 Å². The molecule has 0 radical (unpaired) electrons. The number of amides is 1. The molecule has 0 saturated heterocycles. The summed E-state index contributed by atoms with van der Waals surface area (Å²) in [6, 6.07) is 16.1. The van der Waals surface area contributed by atoms with Crippen LogP contribution in [0.3, 0.4) is 0 Å². The number of halogens is 2. The molecule has 180 valence electrons. The number of nitrogens with zero attached hydrogens (tertiary/aromatic N) is 2. The van der Waals surface area contributed by atoms with Crippen LogP contribution in [0.1, 0.15) is 29.9 Å². The Labute approximate surface area is 200 Å². The highest BCUT2D eigenvalue weighted by Gasteiger charge is 2.29. The van der Waals surface area contributed by atoms with Crippen molar-refractivity contribution in [3.05, 3.63) is 95.8 Å². The van der Waals surface area contributed by atoms with E-state index >= 15 is 0 Å². The van der Waals surface area contributed by atoms with Gasteiger partial charge in [-0.25, -0.2) is 17.2 Å². The predicted molar refractivity (Wildman–Crippen MR) is 126 cm³/mol. The second kappa shape index (κ2) is 9.35. The Morgan fingerprint density at radius 3 is 2.11 bits per heavy atom. The molecule has 1 amide bonds. The van der Waals surface area contributed by atoms with E-state index in [1.165, 1.54) is 24.4 Å². The first-order valence-corrected chi connectivity index (χ1v) is 11.9. The number of aromatic amines is 1. The van der Waals surface area contributed by atoms with Crippen molar-refractivity contribution in [2.45, 2.75) is 24.3 Å². The number of benzene rings is 3. The van der Waals surface area contributed by atoms with Crippen LogP contribution >= 0.6 is 0 Å². The number of anilines is 1. The first kappa shape index (κ1) is 24.2. The first-order valence-electron chi connectivity index (χ1n) is 10.4. The van der Waals surface area contributed by atoms with E-state index in [0.717, 1.165) is 23.3 Å². The summed E-state index contributed by atoms with van der Waals surface area (Å²) < 4.78 is 54.8. The molecule has 3 aromatic carbocycles. The van der Waals surface area contributed by atoms with Crippen molar-refractivity contribution in [1.82, 2.24) is 20.1 Å². The fourth-order valence-corrected chi connectivity index (χ4v) is 4.76. The van der Waals surface area contributed by atoms with Crippen LogP contribution in [0.25, 0.3) is 11.1 Å². The maximum atomic E-state index is 13.4. The van der Waals surface area contributed by atoms with Crippen LogP contribution in [-0.4, -0.2) is 29.7 Å². The van der Waals surface area contributed by atoms with Gasteiger partial charge >= 0.3 is 0 Å². The van der Waals surface area contributed by atoms with Crippen molar-refractivity contribution < 1.29 is 22.0 Å². The minimum atomic E-state index is -3.82. The maximum absolute atomic E-state index is 13.4. The van der Waals surface area contributed by atoms with Crippen molar-refractivity contribution in [2.24, 2.45) is 0 Å². The van der Waals surface area contributed by atoms with Gasteiger partial charge < -0.3 is 5.32 Å². The molecular weight excluding hydrogens is 476 g/mol. The lowest BCUT2D eigenvalue weighted by Crippen LogP contribution is -2.41. The Morgan fingerprint density at radius 1 is 0.914 bits per heavy atom. The molecule has 8 nitrogen and oxygen atoms in total. The van der Waals surface area contributed by atoms with Gasteiger partial charge in [0.2, 0.25) is 10.0 Å². The van der Waals surface area contributed by atoms with Crippen molar-refractivity contribution in [1.29, 1.82) is 0 Å². The van der Waals surface area contributed by atoms with Gasteiger partial charge in [0.15, 0.2) is 11.6 Å². The first-order chi connectivity index (χ1) is 16.5. The molecule has 0 saturated carbocycles. The van der Waals surface area contributed by atoms with Crippen LogP contribution in [0.15, 0.2) is 77.8 Å². The quantitative estimate of drug-likeness (QED) is 0.354. The van der Waals surface area contributed by atoms with Crippen LogP contribution < -0.4 is 10.0 Å². The number of sulfonamides is 1. The summed E-state index contributed by atoms with van der Waals surface area (Å²) >= 11 is 0. The van der Waals surface area contributed by atoms with Crippen LogP contribution in [0.4, 0.5) is 14.5 Å². The fraction of sp³-hybridized carbons (Fsp3) is 0.125. The summed E-state index contributed by atoms with van der Waals surface area (Å²) in [5.41, 5.74) is 1.58. The zero-order valence-corrected chi connectivity index (χ0v) is 19.5. The third-order valence-corrected chi connectivity index (χ3v) is 6.97. The van der Waals surface area contributed by atoms with Gasteiger partial charge in [-0.15, -0.1) is 5.10 Å². The monoisotopic (exact) mass is 497 g/mol. The standard InChI is InChI=1S/C24H21F2N5O3S/c1-24(2,22-14-27-31-29-22)30-35(33,34)19-10-5-16(6-11-19)15-3-8-18(9-4-15)28-23(32)17-7-12-20(25)21(26)13-17/h3-14,30H,1-2H3,(H,28,32)(H,27,29,31). The highest BCUT2D eigenvalue weighted by atomic mass is 32.2. The summed E-state index contributed by atoms with van der Waals surface area (Å²) in [6.45, 7) is 3.39. The largest absolute Gasteiger partial charge is 0.322 e. The zero-order chi connectivity index (χ0) is 25.2. The van der Waals surface area contributed by atoms with Gasteiger partial charge in [0.25, 0.3) is 5.91 Å². The van der Waals surface area contributed by atoms with Crippen molar-refractivity contribution in [3.63, 3.8) is 0 Å². The number of rotatable bonds is 7. The molecule has 0 bridgehead atoms. The number of H-pyrrole nitrogens is 1. The van der Waals surface area contributed by atoms with E-state index in [-0.39, 0.29) is 10.5 Å². The molecular formula is C24H21F2N5O3S. The Morgan fingerprint density at radius 2 is 1.54 bits per heavy atom. The summed E-state index contributed by atoms with van der Waals surface area (Å²) in [5, 5.41) is 12.6. The summed E-state index contributed by atoms with van der Waals surface area (Å²) in [5.74, 6) is -2.71. The summed E-state index contributed by atoms with van der Waals surface area (Å²) in [4.78, 5) is 12.4. The van der Waals surface area contributed by atoms with Gasteiger partial charge in [-0.05, 0) is 67.4 Å². The molecule has 0 atom stereocenters. The predicted octanol–water partition coefficient (Wildman–Crippen LogP) is 4.22. The van der Waals surface area contributed by atoms with Crippen LogP contribution in [0, 0.1) is 11.6 Å². The third kappa shape index (κ3) is 5.42. The molecule has 3 N–H and O–H groups in total. The van der Waals surface area contributed by atoms with Gasteiger partial charge in [0, 0.05) is 11.3 Å². The van der Waals surface area contributed by atoms with E-state index < -0.39 is 33.1 Å². The molecule has 1 heterocycles. The van der Waals surface area contributed by atoms with Gasteiger partial charge in [-0.3, -0.25) is 9.89 Å². The van der Waals surface area contributed by atoms with E-state index in [2.05, 4.69) is 25.4 Å². The summed E-state index contributed by atoms with van der Waals surface area (Å²) in [6.07, 6.45) is 1.45. The summed E-state index contributed by atoms with van der Waals surface area (Å²) in [7, 11) is -3.82. The Hall–Kier alpha value is -3.96. The second-order valence-electron chi connectivity index (χ2n) is 8.29. The lowest BCUT2D eigenvalue weighted by atomic mass is 10.0. The number of aromatic nitrogens is 3. The van der Waals surface area contributed by atoms with E-state index in [9.17, 15) is 22.0 Å². The Balaban J connectivity index is 1.45. The highest BCUT2D eigenvalue weighted by Crippen LogP contribution is 2.25. The van der Waals surface area contributed by atoms with Crippen molar-refractivity contribution >= 4 is 21.6 Å². The number of hydrogen-bond donors (Lipinski definition) is 3. The smallest absolute Gasteiger partial charge is 0.255 e. The van der Waals surface area contributed by atoms with Gasteiger partial charge in [0.05, 0.1) is 22.3 Å². The fourth-order valence-electron chi connectivity index (χ4n) is 3.36. The van der Waals surface area contributed by atoms with Crippen molar-refractivity contribution in [3.8, 4) is 11.1 Å². The minimum Gasteiger partial charge on any atom is -0.322 e. The second-order valence-corrected chi connectivity index (χ2v) is 9.97. The number of hydrogen-bond acceptors (Lipinski definition) is 5. The van der Waals surface area contributed by atoms with E-state index in [4.69, 9.17) is 0 Å². The van der Waals surface area contributed by atoms with Crippen molar-refractivity contribution in [2.75, 3.05) is 5.32 Å². The van der Waals surface area contributed by atoms with E-state index in [0.29, 0.717) is 11.4 Å².